The van der Waals surface area contributed by atoms with Gasteiger partial charge in [0.1, 0.15) is 18.2 Å². The predicted molar refractivity (Wildman–Crippen MR) is 78.5 cm³/mol. The van der Waals surface area contributed by atoms with Gasteiger partial charge in [-0.2, -0.15) is 0 Å². The fraction of sp³-hybridized carbons (Fsp3) is 0.667. The summed E-state index contributed by atoms with van der Waals surface area (Å²) in [4.78, 5) is 0. The Kier molecular flexibility index (Phi) is 3.21. The van der Waals surface area contributed by atoms with E-state index in [0.717, 1.165) is 37.0 Å². The number of hydrogen-bond acceptors (Lipinski definition) is 2. The van der Waals surface area contributed by atoms with E-state index in [9.17, 15) is 9.50 Å². The molecule has 4 bridgehead atoms. The first kappa shape index (κ1) is 13.6. The SMILES string of the molecule is OC(COc1cccc(F)c1)C12CC3CC(CC(C3)C1)C2. The predicted octanol–water partition coefficient (Wildman–Crippen LogP) is 3.78. The molecule has 0 heterocycles. The lowest BCUT2D eigenvalue weighted by Gasteiger charge is -2.58. The Morgan fingerprint density at radius 2 is 1.76 bits per heavy atom. The van der Waals surface area contributed by atoms with Crippen LogP contribution in [0.3, 0.4) is 0 Å². The highest BCUT2D eigenvalue weighted by molar-refractivity contribution is 5.22. The van der Waals surface area contributed by atoms with E-state index < -0.39 is 6.10 Å². The number of rotatable bonds is 4. The Hall–Kier alpha value is -1.09. The van der Waals surface area contributed by atoms with Crippen molar-refractivity contribution in [3.63, 3.8) is 0 Å². The van der Waals surface area contributed by atoms with E-state index in [1.54, 1.807) is 12.1 Å². The van der Waals surface area contributed by atoms with Crippen LogP contribution in [0.5, 0.6) is 5.75 Å². The molecule has 0 aliphatic heterocycles. The molecule has 114 valence electrons. The van der Waals surface area contributed by atoms with Crippen molar-refractivity contribution in [2.45, 2.75) is 44.6 Å². The van der Waals surface area contributed by atoms with E-state index in [0.29, 0.717) is 5.75 Å². The van der Waals surface area contributed by atoms with Gasteiger partial charge < -0.3 is 9.84 Å². The molecule has 2 nitrogen and oxygen atoms in total. The van der Waals surface area contributed by atoms with Crippen molar-refractivity contribution in [3.05, 3.63) is 30.1 Å². The highest BCUT2D eigenvalue weighted by Crippen LogP contribution is 2.61. The summed E-state index contributed by atoms with van der Waals surface area (Å²) in [5.74, 6) is 2.68. The molecule has 1 aromatic rings. The Bertz CT molecular complexity index is 492. The number of hydrogen-bond donors (Lipinski definition) is 1. The Morgan fingerprint density at radius 1 is 1.14 bits per heavy atom. The first-order chi connectivity index (χ1) is 10.1. The quantitative estimate of drug-likeness (QED) is 0.914. The maximum Gasteiger partial charge on any atom is 0.126 e. The maximum atomic E-state index is 13.2. The van der Waals surface area contributed by atoms with E-state index in [2.05, 4.69) is 0 Å². The van der Waals surface area contributed by atoms with E-state index in [1.807, 2.05) is 0 Å². The monoisotopic (exact) mass is 290 g/mol. The summed E-state index contributed by atoms with van der Waals surface area (Å²) in [6.45, 7) is 0.287. The molecule has 1 unspecified atom stereocenters. The summed E-state index contributed by atoms with van der Waals surface area (Å²) in [5.41, 5.74) is 0.0715. The van der Waals surface area contributed by atoms with Gasteiger partial charge in [0.15, 0.2) is 0 Å². The Morgan fingerprint density at radius 3 is 2.33 bits per heavy atom. The van der Waals surface area contributed by atoms with Crippen LogP contribution < -0.4 is 4.74 Å². The first-order valence-electron chi connectivity index (χ1n) is 8.19. The van der Waals surface area contributed by atoms with Crippen molar-refractivity contribution in [1.82, 2.24) is 0 Å². The summed E-state index contributed by atoms with van der Waals surface area (Å²) in [6.07, 6.45) is 7.17. The molecule has 21 heavy (non-hydrogen) atoms. The molecule has 4 aliphatic carbocycles. The smallest absolute Gasteiger partial charge is 0.126 e. The Labute approximate surface area is 125 Å². The van der Waals surface area contributed by atoms with Crippen LogP contribution >= 0.6 is 0 Å². The van der Waals surface area contributed by atoms with E-state index >= 15 is 0 Å². The van der Waals surface area contributed by atoms with Crippen molar-refractivity contribution in [2.24, 2.45) is 23.2 Å². The number of benzene rings is 1. The first-order valence-corrected chi connectivity index (χ1v) is 8.19. The normalized spacial score (nSPS) is 38.5. The highest BCUT2D eigenvalue weighted by atomic mass is 19.1. The zero-order valence-corrected chi connectivity index (χ0v) is 12.3. The lowest BCUT2D eigenvalue weighted by molar-refractivity contribution is -0.129. The van der Waals surface area contributed by atoms with Crippen molar-refractivity contribution in [2.75, 3.05) is 6.61 Å². The third kappa shape index (κ3) is 2.46. The maximum absolute atomic E-state index is 13.2. The summed E-state index contributed by atoms with van der Waals surface area (Å²) in [6, 6.07) is 6.17. The number of halogens is 1. The van der Waals surface area contributed by atoms with Crippen LogP contribution in [0.25, 0.3) is 0 Å². The molecular formula is C18H23FO2. The van der Waals surface area contributed by atoms with Gasteiger partial charge in [-0.25, -0.2) is 4.39 Å². The molecule has 1 aromatic carbocycles. The van der Waals surface area contributed by atoms with E-state index in [4.69, 9.17) is 4.74 Å². The van der Waals surface area contributed by atoms with Crippen LogP contribution in [0, 0.1) is 29.0 Å². The average Bonchev–Trinajstić information content (AvgIpc) is 2.43. The molecule has 0 spiro atoms. The van der Waals surface area contributed by atoms with Gasteiger partial charge in [-0.15, -0.1) is 0 Å². The van der Waals surface area contributed by atoms with Crippen molar-refractivity contribution < 1.29 is 14.2 Å². The number of ether oxygens (including phenoxy) is 1. The van der Waals surface area contributed by atoms with Crippen molar-refractivity contribution in [3.8, 4) is 5.75 Å². The van der Waals surface area contributed by atoms with Gasteiger partial charge in [0, 0.05) is 11.5 Å². The molecule has 0 amide bonds. The van der Waals surface area contributed by atoms with Crippen LogP contribution in [-0.4, -0.2) is 17.8 Å². The minimum absolute atomic E-state index is 0.0715. The second-order valence-electron chi connectivity index (χ2n) is 7.56. The van der Waals surface area contributed by atoms with E-state index in [-0.39, 0.29) is 17.8 Å². The molecule has 0 radical (unpaired) electrons. The molecular weight excluding hydrogens is 267 g/mol. The molecule has 4 fully saturated rings. The van der Waals surface area contributed by atoms with Gasteiger partial charge >= 0.3 is 0 Å². The summed E-state index contributed by atoms with van der Waals surface area (Å²) in [5, 5.41) is 10.7. The minimum Gasteiger partial charge on any atom is -0.491 e. The zero-order valence-electron chi connectivity index (χ0n) is 12.3. The molecule has 4 aliphatic rings. The molecule has 1 atom stereocenters. The molecule has 4 saturated carbocycles. The minimum atomic E-state index is -0.422. The fourth-order valence-electron chi connectivity index (χ4n) is 5.49. The topological polar surface area (TPSA) is 29.5 Å². The summed E-state index contributed by atoms with van der Waals surface area (Å²) < 4.78 is 18.8. The van der Waals surface area contributed by atoms with Crippen LogP contribution in [0.2, 0.25) is 0 Å². The molecule has 0 aromatic heterocycles. The highest BCUT2D eigenvalue weighted by Gasteiger charge is 2.54. The second kappa shape index (κ2) is 4.98. The van der Waals surface area contributed by atoms with E-state index in [1.165, 1.54) is 31.4 Å². The third-order valence-electron chi connectivity index (χ3n) is 6.00. The lowest BCUT2D eigenvalue weighted by Crippen LogP contribution is -2.53. The van der Waals surface area contributed by atoms with Crippen molar-refractivity contribution >= 4 is 0 Å². The molecule has 0 saturated heterocycles. The van der Waals surface area contributed by atoms with Gasteiger partial charge in [0.2, 0.25) is 0 Å². The van der Waals surface area contributed by atoms with Crippen LogP contribution in [0.15, 0.2) is 24.3 Å². The van der Waals surface area contributed by atoms with Crippen LogP contribution in [0.4, 0.5) is 4.39 Å². The largest absolute Gasteiger partial charge is 0.491 e. The standard InChI is InChI=1S/C18H23FO2/c19-15-2-1-3-16(7-15)21-11-17(20)18-8-12-4-13(9-18)6-14(5-12)10-18/h1-3,7,12-14,17,20H,4-6,8-11H2. The molecule has 3 heteroatoms. The van der Waals surface area contributed by atoms with Gasteiger partial charge in [0.05, 0.1) is 6.10 Å². The van der Waals surface area contributed by atoms with Gasteiger partial charge in [-0.3, -0.25) is 0 Å². The van der Waals surface area contributed by atoms with Gasteiger partial charge in [-0.1, -0.05) is 6.07 Å². The lowest BCUT2D eigenvalue weighted by atomic mass is 9.48. The number of aliphatic hydroxyl groups excluding tert-OH is 1. The fourth-order valence-corrected chi connectivity index (χ4v) is 5.49. The van der Waals surface area contributed by atoms with Crippen LogP contribution in [-0.2, 0) is 0 Å². The van der Waals surface area contributed by atoms with Gasteiger partial charge in [0.25, 0.3) is 0 Å². The summed E-state index contributed by atoms with van der Waals surface area (Å²) in [7, 11) is 0. The van der Waals surface area contributed by atoms with Crippen molar-refractivity contribution in [1.29, 1.82) is 0 Å². The van der Waals surface area contributed by atoms with Gasteiger partial charge in [-0.05, 0) is 68.4 Å². The summed E-state index contributed by atoms with van der Waals surface area (Å²) >= 11 is 0. The molecule has 1 N–H and O–H groups in total. The number of aliphatic hydroxyl groups is 1. The molecule has 5 rings (SSSR count). The average molecular weight is 290 g/mol. The zero-order chi connectivity index (χ0) is 14.4. The Balaban J connectivity index is 1.44. The van der Waals surface area contributed by atoms with Crippen LogP contribution in [0.1, 0.15) is 38.5 Å². The second-order valence-corrected chi connectivity index (χ2v) is 7.56. The third-order valence-corrected chi connectivity index (χ3v) is 6.00.